The van der Waals surface area contributed by atoms with Gasteiger partial charge in [-0.3, -0.25) is 4.79 Å². The van der Waals surface area contributed by atoms with Gasteiger partial charge in [0.25, 0.3) is 0 Å². The number of urea groups is 1. The molecule has 162 valence electrons. The Bertz CT molecular complexity index is 824. The van der Waals surface area contributed by atoms with Crippen molar-refractivity contribution in [3.05, 3.63) is 12.1 Å². The molecule has 0 atom stereocenters. The van der Waals surface area contributed by atoms with Gasteiger partial charge in [0.2, 0.25) is 11.7 Å². The van der Waals surface area contributed by atoms with Gasteiger partial charge in [-0.2, -0.15) is 0 Å². The minimum atomic E-state index is -3.55. The average Bonchev–Trinajstić information content (AvgIpc) is 2.72. The smallest absolute Gasteiger partial charge is 0.321 e. The van der Waals surface area contributed by atoms with E-state index in [-0.39, 0.29) is 32.0 Å². The lowest BCUT2D eigenvalue weighted by atomic mass is 10.1. The van der Waals surface area contributed by atoms with Gasteiger partial charge in [-0.1, -0.05) is 0 Å². The van der Waals surface area contributed by atoms with Crippen LogP contribution in [0.2, 0.25) is 0 Å². The summed E-state index contributed by atoms with van der Waals surface area (Å²) in [5.74, 6) is 0.149. The van der Waals surface area contributed by atoms with Crippen molar-refractivity contribution in [2.24, 2.45) is 0 Å². The van der Waals surface area contributed by atoms with Crippen LogP contribution < -0.4 is 24.8 Å². The Balaban J connectivity index is 2.02. The van der Waals surface area contributed by atoms with Gasteiger partial charge in [0.1, 0.15) is 5.75 Å². The second-order valence-corrected chi connectivity index (χ2v) is 8.79. The van der Waals surface area contributed by atoms with Crippen molar-refractivity contribution in [2.45, 2.75) is 18.1 Å². The van der Waals surface area contributed by atoms with Gasteiger partial charge < -0.3 is 29.7 Å². The highest BCUT2D eigenvalue weighted by Crippen LogP contribution is 2.40. The molecule has 10 nitrogen and oxygen atoms in total. The molecule has 0 saturated carbocycles. The lowest BCUT2D eigenvalue weighted by Crippen LogP contribution is -2.45. The molecule has 0 spiro atoms. The van der Waals surface area contributed by atoms with E-state index in [1.165, 1.54) is 33.3 Å². The van der Waals surface area contributed by atoms with Gasteiger partial charge >= 0.3 is 6.03 Å². The Morgan fingerprint density at radius 3 is 2.07 bits per heavy atom. The lowest BCUT2D eigenvalue weighted by molar-refractivity contribution is -0.118. The van der Waals surface area contributed by atoms with E-state index < -0.39 is 26.7 Å². The van der Waals surface area contributed by atoms with Gasteiger partial charge in [-0.05, 0) is 12.8 Å². The maximum Gasteiger partial charge on any atom is 0.321 e. The fourth-order valence-electron chi connectivity index (χ4n) is 3.15. The van der Waals surface area contributed by atoms with Crippen molar-refractivity contribution in [3.8, 4) is 17.2 Å². The first-order valence-corrected chi connectivity index (χ1v) is 10.7. The molecule has 1 aliphatic heterocycles. The summed E-state index contributed by atoms with van der Waals surface area (Å²) in [6.07, 6.45) is 0.560. The van der Waals surface area contributed by atoms with Crippen LogP contribution in [0.1, 0.15) is 12.8 Å². The number of methoxy groups -OCH3 is 3. The van der Waals surface area contributed by atoms with Crippen LogP contribution in [-0.2, 0) is 14.6 Å². The summed E-state index contributed by atoms with van der Waals surface area (Å²) in [7, 11) is 2.30. The lowest BCUT2D eigenvalue weighted by Gasteiger charge is -2.31. The molecule has 2 rings (SSSR count). The Labute approximate surface area is 170 Å². The molecule has 0 aromatic heterocycles. The molecule has 1 heterocycles. The standard InChI is InChI=1S/C18H27N3O7S/c1-19-16(22)11-29(24,25)13-5-7-21(8-6-13)18(23)20-12-9-14(26-2)17(28-4)15(10-12)27-3/h9-10,13H,5-8,11H2,1-4H3,(H,19,22)(H,20,23). The van der Waals surface area contributed by atoms with Gasteiger partial charge in [-0.25, -0.2) is 13.2 Å². The van der Waals surface area contributed by atoms with Crippen molar-refractivity contribution in [2.75, 3.05) is 52.5 Å². The Kier molecular flexibility index (Phi) is 7.54. The normalized spacial score (nSPS) is 14.8. The number of amides is 3. The Morgan fingerprint density at radius 2 is 1.62 bits per heavy atom. The molecule has 0 bridgehead atoms. The van der Waals surface area contributed by atoms with E-state index in [4.69, 9.17) is 14.2 Å². The number of rotatable bonds is 7. The number of hydrogen-bond acceptors (Lipinski definition) is 7. The number of hydrogen-bond donors (Lipinski definition) is 2. The van der Waals surface area contributed by atoms with Crippen LogP contribution in [0.15, 0.2) is 12.1 Å². The van der Waals surface area contributed by atoms with Crippen molar-refractivity contribution in [1.29, 1.82) is 0 Å². The van der Waals surface area contributed by atoms with Crippen molar-refractivity contribution in [3.63, 3.8) is 0 Å². The average molecular weight is 429 g/mol. The van der Waals surface area contributed by atoms with E-state index in [1.807, 2.05) is 0 Å². The third kappa shape index (κ3) is 5.43. The summed E-state index contributed by atoms with van der Waals surface area (Å²) >= 11 is 0. The molecule has 1 aliphatic rings. The van der Waals surface area contributed by atoms with Crippen molar-refractivity contribution >= 4 is 27.5 Å². The highest BCUT2D eigenvalue weighted by molar-refractivity contribution is 7.92. The molecule has 29 heavy (non-hydrogen) atoms. The van der Waals surface area contributed by atoms with Gasteiger partial charge in [0, 0.05) is 32.3 Å². The first-order chi connectivity index (χ1) is 13.7. The topological polar surface area (TPSA) is 123 Å². The Hall–Kier alpha value is -2.69. The molecule has 0 aliphatic carbocycles. The summed E-state index contributed by atoms with van der Waals surface area (Å²) < 4.78 is 40.4. The van der Waals surface area contributed by atoms with Crippen LogP contribution in [0.4, 0.5) is 10.5 Å². The van der Waals surface area contributed by atoms with Crippen LogP contribution in [0, 0.1) is 0 Å². The second kappa shape index (κ2) is 9.68. The number of nitrogens with zero attached hydrogens (tertiary/aromatic N) is 1. The summed E-state index contributed by atoms with van der Waals surface area (Å²) in [5.41, 5.74) is 0.457. The number of anilines is 1. The second-order valence-electron chi connectivity index (χ2n) is 6.51. The number of benzene rings is 1. The maximum absolute atomic E-state index is 12.6. The van der Waals surface area contributed by atoms with Crippen LogP contribution in [0.3, 0.4) is 0 Å². The molecular weight excluding hydrogens is 402 g/mol. The molecule has 0 radical (unpaired) electrons. The van der Waals surface area contributed by atoms with Crippen molar-refractivity contribution < 1.29 is 32.2 Å². The quantitative estimate of drug-likeness (QED) is 0.659. The first-order valence-electron chi connectivity index (χ1n) is 9.03. The number of sulfone groups is 1. The summed E-state index contributed by atoms with van der Waals surface area (Å²) in [5, 5.41) is 4.45. The molecule has 2 N–H and O–H groups in total. The molecule has 11 heteroatoms. The Morgan fingerprint density at radius 1 is 1.07 bits per heavy atom. The third-order valence-corrected chi connectivity index (χ3v) is 6.92. The summed E-state index contributed by atoms with van der Waals surface area (Å²) in [6, 6.07) is 2.86. The van der Waals surface area contributed by atoms with E-state index in [2.05, 4.69) is 10.6 Å². The number of ether oxygens (including phenoxy) is 3. The largest absolute Gasteiger partial charge is 0.493 e. The minimum absolute atomic E-state index is 0.272. The number of likely N-dealkylation sites (tertiary alicyclic amines) is 1. The zero-order valence-corrected chi connectivity index (χ0v) is 17.8. The summed E-state index contributed by atoms with van der Waals surface area (Å²) in [6.45, 7) is 0.543. The highest BCUT2D eigenvalue weighted by atomic mass is 32.2. The zero-order chi connectivity index (χ0) is 21.6. The fraction of sp³-hybridized carbons (Fsp3) is 0.556. The van der Waals surface area contributed by atoms with Crippen molar-refractivity contribution in [1.82, 2.24) is 10.2 Å². The highest BCUT2D eigenvalue weighted by Gasteiger charge is 2.33. The summed E-state index contributed by atoms with van der Waals surface area (Å²) in [4.78, 5) is 25.5. The third-order valence-electron chi connectivity index (χ3n) is 4.76. The maximum atomic E-state index is 12.6. The van der Waals surface area contributed by atoms with Crippen LogP contribution in [0.25, 0.3) is 0 Å². The van der Waals surface area contributed by atoms with E-state index >= 15 is 0 Å². The van der Waals surface area contributed by atoms with E-state index in [0.29, 0.717) is 22.9 Å². The van der Waals surface area contributed by atoms with E-state index in [0.717, 1.165) is 0 Å². The van der Waals surface area contributed by atoms with Gasteiger partial charge in [-0.15, -0.1) is 0 Å². The van der Waals surface area contributed by atoms with E-state index in [9.17, 15) is 18.0 Å². The molecule has 0 unspecified atom stereocenters. The first kappa shape index (κ1) is 22.6. The molecule has 1 fully saturated rings. The van der Waals surface area contributed by atoms with Gasteiger partial charge in [0.15, 0.2) is 21.3 Å². The molecule has 1 aromatic carbocycles. The number of carbonyl (C=O) groups is 2. The predicted molar refractivity (Wildman–Crippen MR) is 108 cm³/mol. The minimum Gasteiger partial charge on any atom is -0.493 e. The predicted octanol–water partition coefficient (Wildman–Crippen LogP) is 0.870. The van der Waals surface area contributed by atoms with Gasteiger partial charge in [0.05, 0.1) is 32.3 Å². The SMILES string of the molecule is CNC(=O)CS(=O)(=O)C1CCN(C(=O)Nc2cc(OC)c(OC)c(OC)c2)CC1. The monoisotopic (exact) mass is 429 g/mol. The molecule has 1 aromatic rings. The van der Waals surface area contributed by atoms with Crippen LogP contribution in [-0.4, -0.2) is 77.7 Å². The van der Waals surface area contributed by atoms with Crippen LogP contribution in [0.5, 0.6) is 17.2 Å². The van der Waals surface area contributed by atoms with Crippen LogP contribution >= 0.6 is 0 Å². The van der Waals surface area contributed by atoms with E-state index in [1.54, 1.807) is 12.1 Å². The molecule has 3 amide bonds. The number of piperidine rings is 1. The molecule has 1 saturated heterocycles. The fourth-order valence-corrected chi connectivity index (χ4v) is 4.82. The molecular formula is C18H27N3O7S. The zero-order valence-electron chi connectivity index (χ0n) is 17.0. The number of nitrogens with one attached hydrogen (secondary N) is 2. The number of carbonyl (C=O) groups excluding carboxylic acids is 2.